The fourth-order valence-electron chi connectivity index (χ4n) is 2.40. The molecule has 2 saturated carbocycles. The summed E-state index contributed by atoms with van der Waals surface area (Å²) in [5.41, 5.74) is 4.99. The van der Waals surface area contributed by atoms with Crippen LogP contribution >= 0.6 is 0 Å². The van der Waals surface area contributed by atoms with Crippen LogP contribution in [0.1, 0.15) is 25.7 Å². The molecule has 2 heteroatoms. The van der Waals surface area contributed by atoms with Gasteiger partial charge in [0.1, 0.15) is 0 Å². The fourth-order valence-corrected chi connectivity index (χ4v) is 2.40. The van der Waals surface area contributed by atoms with Crippen LogP contribution in [0.3, 0.4) is 0 Å². The SMILES string of the molecule is NCC1(O)CC2CCC2C1. The molecule has 2 fully saturated rings. The highest BCUT2D eigenvalue weighted by Gasteiger charge is 2.47. The van der Waals surface area contributed by atoms with E-state index in [1.54, 1.807) is 0 Å². The first-order valence-corrected chi connectivity index (χ1v) is 4.16. The van der Waals surface area contributed by atoms with Crippen molar-refractivity contribution in [3.63, 3.8) is 0 Å². The summed E-state index contributed by atoms with van der Waals surface area (Å²) in [5.74, 6) is 1.63. The molecule has 2 nitrogen and oxygen atoms in total. The lowest BCUT2D eigenvalue weighted by molar-refractivity contribution is 0.0527. The van der Waals surface area contributed by atoms with Crippen molar-refractivity contribution in [1.82, 2.24) is 0 Å². The van der Waals surface area contributed by atoms with Gasteiger partial charge in [0.15, 0.2) is 0 Å². The van der Waals surface area contributed by atoms with Gasteiger partial charge in [-0.2, -0.15) is 0 Å². The molecule has 0 aliphatic heterocycles. The van der Waals surface area contributed by atoms with E-state index in [4.69, 9.17) is 5.73 Å². The van der Waals surface area contributed by atoms with Crippen LogP contribution in [0.2, 0.25) is 0 Å². The van der Waals surface area contributed by atoms with Crippen molar-refractivity contribution in [2.75, 3.05) is 6.54 Å². The van der Waals surface area contributed by atoms with Gasteiger partial charge >= 0.3 is 0 Å². The van der Waals surface area contributed by atoms with Crippen molar-refractivity contribution >= 4 is 0 Å². The minimum absolute atomic E-state index is 0.458. The summed E-state index contributed by atoms with van der Waals surface area (Å²) in [7, 11) is 0. The Morgan fingerprint density at radius 3 is 2.10 bits per heavy atom. The van der Waals surface area contributed by atoms with Crippen LogP contribution in [0, 0.1) is 11.8 Å². The predicted molar refractivity (Wildman–Crippen MR) is 39.5 cm³/mol. The van der Waals surface area contributed by atoms with Crippen LogP contribution < -0.4 is 5.73 Å². The molecule has 2 rings (SSSR count). The van der Waals surface area contributed by atoms with E-state index in [0.29, 0.717) is 6.54 Å². The molecule has 58 valence electrons. The average Bonchev–Trinajstić information content (AvgIpc) is 2.13. The molecule has 0 heterocycles. The normalized spacial score (nSPS) is 52.2. The molecular weight excluding hydrogens is 126 g/mol. The van der Waals surface area contributed by atoms with Gasteiger partial charge in [0.25, 0.3) is 0 Å². The van der Waals surface area contributed by atoms with Crippen molar-refractivity contribution in [2.24, 2.45) is 17.6 Å². The smallest absolute Gasteiger partial charge is 0.0774 e. The zero-order chi connectivity index (χ0) is 7.19. The van der Waals surface area contributed by atoms with Crippen molar-refractivity contribution < 1.29 is 5.11 Å². The fraction of sp³-hybridized carbons (Fsp3) is 1.00. The lowest BCUT2D eigenvalue weighted by atomic mass is 9.77. The minimum atomic E-state index is -0.480. The van der Waals surface area contributed by atoms with Crippen LogP contribution in [0.15, 0.2) is 0 Å². The summed E-state index contributed by atoms with van der Waals surface area (Å²) >= 11 is 0. The van der Waals surface area contributed by atoms with E-state index in [2.05, 4.69) is 0 Å². The number of aliphatic hydroxyl groups is 1. The molecule has 0 aromatic heterocycles. The first kappa shape index (κ1) is 6.62. The summed E-state index contributed by atoms with van der Waals surface area (Å²) < 4.78 is 0. The summed E-state index contributed by atoms with van der Waals surface area (Å²) in [6.07, 6.45) is 4.59. The van der Waals surface area contributed by atoms with Crippen molar-refractivity contribution in [1.29, 1.82) is 0 Å². The molecule has 3 N–H and O–H groups in total. The molecule has 2 aliphatic rings. The molecule has 10 heavy (non-hydrogen) atoms. The Kier molecular flexibility index (Phi) is 1.29. The van der Waals surface area contributed by atoms with E-state index in [-0.39, 0.29) is 0 Å². The van der Waals surface area contributed by atoms with Crippen molar-refractivity contribution in [3.05, 3.63) is 0 Å². The summed E-state index contributed by atoms with van der Waals surface area (Å²) in [4.78, 5) is 0. The lowest BCUT2D eigenvalue weighted by Crippen LogP contribution is -2.34. The van der Waals surface area contributed by atoms with E-state index < -0.39 is 5.60 Å². The maximum atomic E-state index is 9.76. The molecule has 0 saturated heterocycles. The molecule has 0 bridgehead atoms. The second-order valence-corrected chi connectivity index (χ2v) is 3.93. The van der Waals surface area contributed by atoms with E-state index in [1.165, 1.54) is 12.8 Å². The molecular formula is C8H15NO. The Hall–Kier alpha value is -0.0800. The molecule has 2 unspecified atom stereocenters. The maximum Gasteiger partial charge on any atom is 0.0774 e. The number of rotatable bonds is 1. The Bertz CT molecular complexity index is 134. The minimum Gasteiger partial charge on any atom is -0.389 e. The zero-order valence-electron chi connectivity index (χ0n) is 6.21. The van der Waals surface area contributed by atoms with E-state index >= 15 is 0 Å². The van der Waals surface area contributed by atoms with Crippen LogP contribution in [0.5, 0.6) is 0 Å². The second kappa shape index (κ2) is 1.95. The van der Waals surface area contributed by atoms with Crippen LogP contribution in [0.25, 0.3) is 0 Å². The highest BCUT2D eigenvalue weighted by Crippen LogP contribution is 2.50. The van der Waals surface area contributed by atoms with E-state index in [0.717, 1.165) is 24.7 Å². The molecule has 0 spiro atoms. The third-order valence-corrected chi connectivity index (χ3v) is 3.24. The van der Waals surface area contributed by atoms with E-state index in [9.17, 15) is 5.11 Å². The van der Waals surface area contributed by atoms with Gasteiger partial charge in [-0.25, -0.2) is 0 Å². The maximum absolute atomic E-state index is 9.76. The third-order valence-electron chi connectivity index (χ3n) is 3.24. The number of fused-ring (bicyclic) bond motifs is 1. The standard InChI is InChI=1S/C8H15NO/c9-5-8(10)3-6-1-2-7(6)4-8/h6-7,10H,1-5,9H2. The number of hydrogen-bond donors (Lipinski definition) is 2. The van der Waals surface area contributed by atoms with Gasteiger partial charge in [-0.1, -0.05) is 0 Å². The molecule has 2 aliphatic carbocycles. The van der Waals surface area contributed by atoms with Gasteiger partial charge in [-0.3, -0.25) is 0 Å². The van der Waals surface area contributed by atoms with Gasteiger partial charge in [0.2, 0.25) is 0 Å². The molecule has 0 aromatic rings. The predicted octanol–water partition coefficient (Wildman–Crippen LogP) is 0.496. The van der Waals surface area contributed by atoms with Crippen LogP contribution in [-0.4, -0.2) is 17.3 Å². The first-order valence-electron chi connectivity index (χ1n) is 4.16. The van der Waals surface area contributed by atoms with Gasteiger partial charge in [0, 0.05) is 6.54 Å². The summed E-state index contributed by atoms with van der Waals surface area (Å²) in [6.45, 7) is 0.458. The molecule has 0 aromatic carbocycles. The molecule has 0 amide bonds. The van der Waals surface area contributed by atoms with Crippen molar-refractivity contribution in [3.8, 4) is 0 Å². The average molecular weight is 141 g/mol. The van der Waals surface area contributed by atoms with Crippen molar-refractivity contribution in [2.45, 2.75) is 31.3 Å². The number of nitrogens with two attached hydrogens (primary N) is 1. The second-order valence-electron chi connectivity index (χ2n) is 3.93. The van der Waals surface area contributed by atoms with Crippen LogP contribution in [0.4, 0.5) is 0 Å². The van der Waals surface area contributed by atoms with Gasteiger partial charge in [-0.15, -0.1) is 0 Å². The summed E-state index contributed by atoms with van der Waals surface area (Å²) in [5, 5.41) is 9.76. The van der Waals surface area contributed by atoms with Gasteiger partial charge in [0.05, 0.1) is 5.60 Å². The third kappa shape index (κ3) is 0.789. The highest BCUT2D eigenvalue weighted by atomic mass is 16.3. The number of hydrogen-bond acceptors (Lipinski definition) is 2. The molecule has 2 atom stereocenters. The molecule has 0 radical (unpaired) electrons. The monoisotopic (exact) mass is 141 g/mol. The van der Waals surface area contributed by atoms with Gasteiger partial charge in [-0.05, 0) is 37.5 Å². The quantitative estimate of drug-likeness (QED) is 0.558. The van der Waals surface area contributed by atoms with Gasteiger partial charge < -0.3 is 10.8 Å². The zero-order valence-corrected chi connectivity index (χ0v) is 6.21. The topological polar surface area (TPSA) is 46.2 Å². The van der Waals surface area contributed by atoms with Crippen LogP contribution in [-0.2, 0) is 0 Å². The summed E-state index contributed by atoms with van der Waals surface area (Å²) in [6, 6.07) is 0. The highest BCUT2D eigenvalue weighted by molar-refractivity contribution is 4.99. The lowest BCUT2D eigenvalue weighted by Gasteiger charge is -2.28. The first-order chi connectivity index (χ1) is 4.73. The largest absolute Gasteiger partial charge is 0.389 e. The Labute approximate surface area is 61.4 Å². The Morgan fingerprint density at radius 1 is 1.30 bits per heavy atom. The Morgan fingerprint density at radius 2 is 1.80 bits per heavy atom. The van der Waals surface area contributed by atoms with E-state index in [1.807, 2.05) is 0 Å². The Balaban J connectivity index is 2.03.